The second-order valence-corrected chi connectivity index (χ2v) is 26.3. The highest BCUT2D eigenvalue weighted by atomic mass is 16.7. The Morgan fingerprint density at radius 3 is 1.47 bits per heavy atom. The molecule has 8 heterocycles. The third-order valence-electron chi connectivity index (χ3n) is 16.8. The molecule has 4 N–H and O–H groups in total. The molecule has 2 fully saturated rings. The van der Waals surface area contributed by atoms with E-state index in [0.717, 1.165) is 44.5 Å². The van der Waals surface area contributed by atoms with Gasteiger partial charge in [0, 0.05) is 48.8 Å². The first kappa shape index (κ1) is 60.8. The molecule has 90 heavy (non-hydrogen) atoms. The highest BCUT2D eigenvalue weighted by Gasteiger charge is 2.46. The standard InChI is InChI=1S/C66H76N10O14/c1-35(2)53(71-61(79)89-65(5,6)7)59(77)75-29-43(87-63(81)73-27-41-19-21-51-55(45(41)31-73)85-33-83-51)23-49(75)57-67-25-47(69-57)39-15-11-37(12-16-39)38-13-17-40(18-14-38)48-26-68-58(70-48)50-24-44(30-76(50)60(78)54(36(3)4)72-62(80)90-66(8,9)10)88-64(82)74-28-42-20-22-52-56(46(42)32-74)86-34-84-52/h11-22,25-26,35-36,43-44,49-50,53-54H,23-24,27-34H2,1-10H3,(H,67,69)(H,68,70)(H,71,79)(H,72,80)/t43-,44-,49+,50?,53+,54+/m1/s1. The SMILES string of the molecule is CC(C)[C@H](NC(=O)OC(C)(C)C)C(=O)N1C[C@H](OC(=O)N2Cc3ccc4c(c3C2)OCO4)CC1c1ncc(-c2ccc(-c3ccc(-c4c[nH]c([C@@H]5C[C@@H](OC(=O)N6Cc7ccc8c(c7C6)OCO8)CN5C(=O)[C@@H](NC(=O)OC(C)(C)C)C(C)C)n4)cc3)cc2)[nH]1. The molecule has 0 bridgehead atoms. The molecular weight excluding hydrogens is 1160 g/mol. The van der Waals surface area contributed by atoms with Crippen LogP contribution in [0.15, 0.2) is 85.2 Å². The van der Waals surface area contributed by atoms with Crippen LogP contribution in [0.2, 0.25) is 0 Å². The van der Waals surface area contributed by atoms with Crippen LogP contribution in [0, 0.1) is 11.8 Å². The van der Waals surface area contributed by atoms with Crippen molar-refractivity contribution in [3.8, 4) is 56.6 Å². The quantitative estimate of drug-likeness (QED) is 0.0783. The van der Waals surface area contributed by atoms with Crippen LogP contribution in [-0.2, 0) is 54.7 Å². The van der Waals surface area contributed by atoms with Gasteiger partial charge in [0.1, 0.15) is 47.1 Å². The lowest BCUT2D eigenvalue weighted by molar-refractivity contribution is -0.136. The Morgan fingerprint density at radius 1 is 0.567 bits per heavy atom. The fourth-order valence-electron chi connectivity index (χ4n) is 12.4. The van der Waals surface area contributed by atoms with Crippen molar-refractivity contribution in [1.29, 1.82) is 0 Å². The molecule has 2 aromatic heterocycles. The summed E-state index contributed by atoms with van der Waals surface area (Å²) in [5.41, 5.74) is 6.93. The highest BCUT2D eigenvalue weighted by Crippen LogP contribution is 2.44. The summed E-state index contributed by atoms with van der Waals surface area (Å²) in [5.74, 6) is 2.15. The molecule has 6 amide bonds. The number of carbonyl (C=O) groups excluding carboxylic acids is 6. The molecule has 6 aromatic rings. The van der Waals surface area contributed by atoms with Gasteiger partial charge in [0.05, 0.1) is 55.8 Å². The summed E-state index contributed by atoms with van der Waals surface area (Å²) in [6.45, 7) is 19.5. The van der Waals surface area contributed by atoms with E-state index in [4.69, 9.17) is 47.9 Å². The summed E-state index contributed by atoms with van der Waals surface area (Å²) in [6, 6.07) is 20.3. The molecule has 0 aliphatic carbocycles. The van der Waals surface area contributed by atoms with Crippen molar-refractivity contribution in [1.82, 2.24) is 50.2 Å². The number of aromatic nitrogens is 4. The first-order valence-electron chi connectivity index (χ1n) is 30.5. The summed E-state index contributed by atoms with van der Waals surface area (Å²) in [4.78, 5) is 106. The number of nitrogens with one attached hydrogen (secondary N) is 4. The number of hydrogen-bond donors (Lipinski definition) is 4. The minimum Gasteiger partial charge on any atom is -0.454 e. The molecule has 12 rings (SSSR count). The molecule has 1 unspecified atom stereocenters. The minimum absolute atomic E-state index is 0.0618. The van der Waals surface area contributed by atoms with Crippen LogP contribution < -0.4 is 29.6 Å². The maximum absolute atomic E-state index is 14.7. The van der Waals surface area contributed by atoms with Crippen molar-refractivity contribution in [2.24, 2.45) is 11.8 Å². The van der Waals surface area contributed by atoms with Crippen LogP contribution >= 0.6 is 0 Å². The summed E-state index contributed by atoms with van der Waals surface area (Å²) in [5, 5.41) is 5.59. The molecule has 0 saturated carbocycles. The maximum Gasteiger partial charge on any atom is 0.410 e. The number of hydrogen-bond acceptors (Lipinski definition) is 16. The number of likely N-dealkylation sites (tertiary alicyclic amines) is 2. The monoisotopic (exact) mass is 1230 g/mol. The molecule has 4 aromatic carbocycles. The van der Waals surface area contributed by atoms with Crippen molar-refractivity contribution < 1.29 is 66.7 Å². The smallest absolute Gasteiger partial charge is 0.410 e. The average Bonchev–Trinajstić information content (AvgIpc) is 1.78. The predicted molar refractivity (Wildman–Crippen MR) is 325 cm³/mol. The number of carbonyl (C=O) groups is 6. The largest absolute Gasteiger partial charge is 0.454 e. The van der Waals surface area contributed by atoms with E-state index in [1.807, 2.05) is 100 Å². The molecule has 0 spiro atoms. The number of benzene rings is 4. The molecule has 0 radical (unpaired) electrons. The van der Waals surface area contributed by atoms with Crippen LogP contribution in [0.3, 0.4) is 0 Å². The zero-order chi connectivity index (χ0) is 63.5. The number of aromatic amines is 2. The Bertz CT molecular complexity index is 3500. The Balaban J connectivity index is 0.732. The first-order chi connectivity index (χ1) is 42.9. The normalized spacial score (nSPS) is 19.6. The van der Waals surface area contributed by atoms with Gasteiger partial charge < -0.3 is 68.3 Å². The van der Waals surface area contributed by atoms with E-state index in [0.29, 0.717) is 59.1 Å². The summed E-state index contributed by atoms with van der Waals surface area (Å²) in [7, 11) is 0. The van der Waals surface area contributed by atoms with Crippen molar-refractivity contribution in [3.63, 3.8) is 0 Å². The number of H-pyrrole nitrogens is 2. The molecule has 474 valence electrons. The second kappa shape index (κ2) is 24.1. The number of fused-ring (bicyclic) bond motifs is 6. The van der Waals surface area contributed by atoms with Gasteiger partial charge in [0.15, 0.2) is 23.0 Å². The highest BCUT2D eigenvalue weighted by molar-refractivity contribution is 5.88. The number of alkyl carbamates (subject to hydrolysis) is 2. The number of amides is 6. The van der Waals surface area contributed by atoms with Gasteiger partial charge >= 0.3 is 24.4 Å². The van der Waals surface area contributed by atoms with Crippen LogP contribution in [0.1, 0.15) is 128 Å². The molecule has 6 aliphatic rings. The van der Waals surface area contributed by atoms with Crippen molar-refractivity contribution >= 4 is 36.2 Å². The lowest BCUT2D eigenvalue weighted by Crippen LogP contribution is -2.52. The minimum atomic E-state index is -0.954. The summed E-state index contributed by atoms with van der Waals surface area (Å²) >= 11 is 0. The summed E-state index contributed by atoms with van der Waals surface area (Å²) in [6.07, 6.45) is 0.104. The second-order valence-electron chi connectivity index (χ2n) is 26.3. The Hall–Kier alpha value is -9.48. The number of nitrogens with zero attached hydrogens (tertiary/aromatic N) is 6. The van der Waals surface area contributed by atoms with Crippen LogP contribution in [0.4, 0.5) is 19.2 Å². The van der Waals surface area contributed by atoms with Gasteiger partial charge in [0.2, 0.25) is 25.4 Å². The van der Waals surface area contributed by atoms with E-state index < -0.39 is 72.0 Å². The van der Waals surface area contributed by atoms with Gasteiger partial charge in [-0.15, -0.1) is 0 Å². The topological polar surface area (TPSA) is 271 Å². The number of imidazole rings is 2. The van der Waals surface area contributed by atoms with Gasteiger partial charge in [-0.05, 0) is 93.3 Å². The lowest BCUT2D eigenvalue weighted by atomic mass is 10.0. The third kappa shape index (κ3) is 12.7. The van der Waals surface area contributed by atoms with Crippen LogP contribution in [0.25, 0.3) is 33.6 Å². The van der Waals surface area contributed by atoms with Crippen molar-refractivity contribution in [2.45, 2.75) is 156 Å². The molecule has 2 saturated heterocycles. The van der Waals surface area contributed by atoms with Crippen LogP contribution in [-0.4, -0.2) is 138 Å². The molecule has 24 heteroatoms. The van der Waals surface area contributed by atoms with E-state index in [2.05, 4.69) is 20.6 Å². The van der Waals surface area contributed by atoms with Gasteiger partial charge in [-0.1, -0.05) is 88.4 Å². The van der Waals surface area contributed by atoms with E-state index in [-0.39, 0.29) is 76.3 Å². The van der Waals surface area contributed by atoms with E-state index in [9.17, 15) is 28.8 Å². The Labute approximate surface area is 521 Å². The Kier molecular flexibility index (Phi) is 16.3. The first-order valence-corrected chi connectivity index (χ1v) is 30.5. The average molecular weight is 1230 g/mol. The molecule has 6 aliphatic heterocycles. The summed E-state index contributed by atoms with van der Waals surface area (Å²) < 4.78 is 46.0. The van der Waals surface area contributed by atoms with Crippen molar-refractivity contribution in [3.05, 3.63) is 119 Å². The zero-order valence-corrected chi connectivity index (χ0v) is 52.2. The lowest BCUT2D eigenvalue weighted by Gasteiger charge is -2.31. The number of rotatable bonds is 13. The maximum atomic E-state index is 14.7. The van der Waals surface area contributed by atoms with Gasteiger partial charge in [0.25, 0.3) is 0 Å². The fourth-order valence-corrected chi connectivity index (χ4v) is 12.4. The van der Waals surface area contributed by atoms with E-state index in [1.165, 1.54) is 0 Å². The van der Waals surface area contributed by atoms with Gasteiger partial charge in [-0.2, -0.15) is 0 Å². The zero-order valence-electron chi connectivity index (χ0n) is 52.2. The number of ether oxygens (including phenoxy) is 8. The van der Waals surface area contributed by atoms with Crippen LogP contribution in [0.5, 0.6) is 23.0 Å². The third-order valence-corrected chi connectivity index (χ3v) is 16.8. The van der Waals surface area contributed by atoms with E-state index in [1.54, 1.807) is 73.5 Å². The molecule has 24 nitrogen and oxygen atoms in total. The fraction of sp³-hybridized carbons (Fsp3) is 0.455. The van der Waals surface area contributed by atoms with Gasteiger partial charge in [-0.25, -0.2) is 29.1 Å². The van der Waals surface area contributed by atoms with Crippen molar-refractivity contribution in [2.75, 3.05) is 26.7 Å². The Morgan fingerprint density at radius 2 is 1.01 bits per heavy atom. The van der Waals surface area contributed by atoms with E-state index >= 15 is 0 Å². The van der Waals surface area contributed by atoms with Gasteiger partial charge in [-0.3, -0.25) is 19.4 Å². The molecular formula is C66H76N10O14. The molecule has 6 atom stereocenters. The predicted octanol–water partition coefficient (Wildman–Crippen LogP) is 10.3.